The van der Waals surface area contributed by atoms with Crippen molar-refractivity contribution in [3.63, 3.8) is 0 Å². The van der Waals surface area contributed by atoms with Crippen LogP contribution in [-0.2, 0) is 22.7 Å². The third-order valence-corrected chi connectivity index (χ3v) is 5.74. The molecule has 0 atom stereocenters. The lowest BCUT2D eigenvalue weighted by Crippen LogP contribution is -2.36. The molecule has 4 aromatic carbocycles. The van der Waals surface area contributed by atoms with Crippen LogP contribution in [0.4, 0.5) is 5.69 Å². The van der Waals surface area contributed by atoms with E-state index in [-0.39, 0.29) is 37.1 Å². The fraction of sp³-hybridized carbons (Fsp3) is 0.0968. The first kappa shape index (κ1) is 27.6. The first-order valence-corrected chi connectivity index (χ1v) is 12.4. The zero-order chi connectivity index (χ0) is 28.3. The first-order chi connectivity index (χ1) is 19.4. The summed E-state index contributed by atoms with van der Waals surface area (Å²) in [5.41, 5.74) is 13.5. The Kier molecular flexibility index (Phi) is 9.23. The third kappa shape index (κ3) is 8.03. The van der Waals surface area contributed by atoms with E-state index in [1.54, 1.807) is 24.3 Å². The van der Waals surface area contributed by atoms with Gasteiger partial charge in [0.25, 0.3) is 5.91 Å². The van der Waals surface area contributed by atoms with Crippen LogP contribution in [0.1, 0.15) is 31.8 Å². The Hall–Kier alpha value is -5.44. The number of hydrogen-bond acceptors (Lipinski definition) is 6. The molecule has 202 valence electrons. The second-order valence-electron chi connectivity index (χ2n) is 8.79. The molecule has 4 aromatic rings. The fourth-order valence-corrected chi connectivity index (χ4v) is 3.78. The molecule has 0 saturated carbocycles. The molecule has 4 rings (SSSR count). The van der Waals surface area contributed by atoms with Gasteiger partial charge in [0, 0.05) is 12.1 Å². The van der Waals surface area contributed by atoms with E-state index < -0.39 is 11.9 Å². The number of hydrogen-bond donors (Lipinski definition) is 2. The summed E-state index contributed by atoms with van der Waals surface area (Å²) in [5.74, 6) is -1.28. The Morgan fingerprint density at radius 3 is 1.88 bits per heavy atom. The maximum atomic E-state index is 13.4. The highest BCUT2D eigenvalue weighted by molar-refractivity contribution is 5.97. The molecule has 0 heterocycles. The molecule has 0 saturated heterocycles. The zero-order valence-corrected chi connectivity index (χ0v) is 21.6. The smallest absolute Gasteiger partial charge is 0.343 e. The SMILES string of the molecule is NC(N)=Nc1ccc(OC(=O)c2ccc(C(=O)N(CC(=O)OCc3ccccc3)Cc3ccccc3)cc2)cc1. The highest BCUT2D eigenvalue weighted by Crippen LogP contribution is 2.19. The molecule has 4 N–H and O–H groups in total. The van der Waals surface area contributed by atoms with Crippen LogP contribution in [0.5, 0.6) is 5.75 Å². The quantitative estimate of drug-likeness (QED) is 0.134. The molecule has 0 aromatic heterocycles. The Bertz CT molecular complexity index is 1470. The molecular weight excluding hydrogens is 508 g/mol. The van der Waals surface area contributed by atoms with E-state index in [4.69, 9.17) is 20.9 Å². The van der Waals surface area contributed by atoms with Crippen molar-refractivity contribution in [1.29, 1.82) is 0 Å². The predicted molar refractivity (Wildman–Crippen MR) is 151 cm³/mol. The topological polar surface area (TPSA) is 137 Å². The van der Waals surface area contributed by atoms with Gasteiger partial charge in [-0.3, -0.25) is 9.59 Å². The fourth-order valence-electron chi connectivity index (χ4n) is 3.78. The normalized spacial score (nSPS) is 10.3. The van der Waals surface area contributed by atoms with Crippen molar-refractivity contribution >= 4 is 29.5 Å². The number of carbonyl (C=O) groups is 3. The van der Waals surface area contributed by atoms with Gasteiger partial charge < -0.3 is 25.8 Å². The third-order valence-electron chi connectivity index (χ3n) is 5.74. The van der Waals surface area contributed by atoms with Crippen LogP contribution in [0.3, 0.4) is 0 Å². The van der Waals surface area contributed by atoms with Gasteiger partial charge in [0.2, 0.25) is 0 Å². The Morgan fingerprint density at radius 2 is 1.27 bits per heavy atom. The van der Waals surface area contributed by atoms with Crippen LogP contribution in [0.25, 0.3) is 0 Å². The lowest BCUT2D eigenvalue weighted by atomic mass is 10.1. The van der Waals surface area contributed by atoms with Crippen LogP contribution >= 0.6 is 0 Å². The average Bonchev–Trinajstić information content (AvgIpc) is 2.97. The number of nitrogens with two attached hydrogens (primary N) is 2. The van der Waals surface area contributed by atoms with E-state index >= 15 is 0 Å². The van der Waals surface area contributed by atoms with Crippen molar-refractivity contribution in [2.24, 2.45) is 16.5 Å². The molecule has 0 aliphatic heterocycles. The molecule has 0 aliphatic carbocycles. The van der Waals surface area contributed by atoms with Crippen LogP contribution in [0, 0.1) is 0 Å². The van der Waals surface area contributed by atoms with Gasteiger partial charge in [0.1, 0.15) is 18.9 Å². The number of aliphatic imine (C=N–C) groups is 1. The minimum Gasteiger partial charge on any atom is -0.459 e. The maximum Gasteiger partial charge on any atom is 0.343 e. The van der Waals surface area contributed by atoms with Gasteiger partial charge in [-0.2, -0.15) is 0 Å². The molecule has 0 spiro atoms. The van der Waals surface area contributed by atoms with E-state index in [2.05, 4.69) is 4.99 Å². The number of ether oxygens (including phenoxy) is 2. The standard InChI is InChI=1S/C31H28N4O5/c32-31(33)34-26-15-17-27(18-16-26)40-30(38)25-13-11-24(12-14-25)29(37)35(19-22-7-3-1-4-8-22)20-28(36)39-21-23-9-5-2-6-10-23/h1-18H,19-21H2,(H4,32,33,34). The van der Waals surface area contributed by atoms with Gasteiger partial charge in [0.15, 0.2) is 5.96 Å². The maximum absolute atomic E-state index is 13.4. The minimum atomic E-state index is -0.598. The van der Waals surface area contributed by atoms with E-state index in [1.165, 1.54) is 29.2 Å². The van der Waals surface area contributed by atoms with Gasteiger partial charge >= 0.3 is 11.9 Å². The van der Waals surface area contributed by atoms with E-state index in [0.717, 1.165) is 11.1 Å². The number of rotatable bonds is 10. The highest BCUT2D eigenvalue weighted by Gasteiger charge is 2.21. The van der Waals surface area contributed by atoms with Gasteiger partial charge in [-0.15, -0.1) is 0 Å². The van der Waals surface area contributed by atoms with Crippen molar-refractivity contribution in [1.82, 2.24) is 4.90 Å². The van der Waals surface area contributed by atoms with E-state index in [1.807, 2.05) is 60.7 Å². The molecule has 40 heavy (non-hydrogen) atoms. The van der Waals surface area contributed by atoms with Crippen molar-refractivity contribution < 1.29 is 23.9 Å². The summed E-state index contributed by atoms with van der Waals surface area (Å²) < 4.78 is 10.8. The van der Waals surface area contributed by atoms with Gasteiger partial charge in [0.05, 0.1) is 11.3 Å². The lowest BCUT2D eigenvalue weighted by Gasteiger charge is -2.22. The summed E-state index contributed by atoms with van der Waals surface area (Å²) >= 11 is 0. The molecule has 0 aliphatic rings. The van der Waals surface area contributed by atoms with Gasteiger partial charge in [-0.1, -0.05) is 60.7 Å². The highest BCUT2D eigenvalue weighted by atomic mass is 16.5. The summed E-state index contributed by atoms with van der Waals surface area (Å²) in [4.78, 5) is 44.0. The molecular formula is C31H28N4O5. The van der Waals surface area contributed by atoms with Crippen LogP contribution in [0.2, 0.25) is 0 Å². The number of nitrogens with zero attached hydrogens (tertiary/aromatic N) is 2. The predicted octanol–water partition coefficient (Wildman–Crippen LogP) is 4.20. The number of guanidine groups is 1. The summed E-state index contributed by atoms with van der Waals surface area (Å²) in [7, 11) is 0. The Balaban J connectivity index is 1.42. The summed E-state index contributed by atoms with van der Waals surface area (Å²) in [5, 5.41) is 0. The Morgan fingerprint density at radius 1 is 0.700 bits per heavy atom. The van der Waals surface area contributed by atoms with Crippen molar-refractivity contribution in [3.8, 4) is 5.75 Å². The monoisotopic (exact) mass is 536 g/mol. The minimum absolute atomic E-state index is 0.0780. The number of carbonyl (C=O) groups excluding carboxylic acids is 3. The zero-order valence-electron chi connectivity index (χ0n) is 21.6. The largest absolute Gasteiger partial charge is 0.459 e. The second-order valence-corrected chi connectivity index (χ2v) is 8.79. The summed E-state index contributed by atoms with van der Waals surface area (Å²) in [6.45, 7) is 0.0841. The Labute approximate surface area is 231 Å². The molecule has 0 bridgehead atoms. The van der Waals surface area contributed by atoms with Crippen molar-refractivity contribution in [2.75, 3.05) is 6.54 Å². The summed E-state index contributed by atoms with van der Waals surface area (Å²) in [6, 6.07) is 31.0. The van der Waals surface area contributed by atoms with Crippen molar-refractivity contribution in [3.05, 3.63) is 131 Å². The van der Waals surface area contributed by atoms with Crippen LogP contribution < -0.4 is 16.2 Å². The molecule has 0 unspecified atom stereocenters. The number of esters is 2. The molecule has 9 heteroatoms. The lowest BCUT2D eigenvalue weighted by molar-refractivity contribution is -0.145. The number of amides is 1. The molecule has 0 fully saturated rings. The van der Waals surface area contributed by atoms with Crippen LogP contribution in [-0.4, -0.2) is 35.3 Å². The summed E-state index contributed by atoms with van der Waals surface area (Å²) in [6.07, 6.45) is 0. The number of benzene rings is 4. The van der Waals surface area contributed by atoms with Crippen molar-refractivity contribution in [2.45, 2.75) is 13.2 Å². The molecule has 1 amide bonds. The first-order valence-electron chi connectivity index (χ1n) is 12.4. The van der Waals surface area contributed by atoms with Gasteiger partial charge in [-0.05, 0) is 59.7 Å². The van der Waals surface area contributed by atoms with E-state index in [9.17, 15) is 14.4 Å². The second kappa shape index (κ2) is 13.4. The van der Waals surface area contributed by atoms with Crippen LogP contribution in [0.15, 0.2) is 114 Å². The molecule has 0 radical (unpaired) electrons. The average molecular weight is 537 g/mol. The van der Waals surface area contributed by atoms with Gasteiger partial charge in [-0.25, -0.2) is 9.79 Å². The van der Waals surface area contributed by atoms with E-state index in [0.29, 0.717) is 17.0 Å². The molecule has 9 nitrogen and oxygen atoms in total.